The Morgan fingerprint density at radius 2 is 1.54 bits per heavy atom. The smallest absolute Gasteiger partial charge is 0.0459 e. The second kappa shape index (κ2) is 7.45. The summed E-state index contributed by atoms with van der Waals surface area (Å²) in [5, 5.41) is 0. The van der Waals surface area contributed by atoms with E-state index in [-0.39, 0.29) is 0 Å². The Kier molecular flexibility index (Phi) is 4.70. The molecule has 1 heteroatoms. The average molecular weight is 337 g/mol. The quantitative estimate of drug-likeness (QED) is 0.353. The van der Waals surface area contributed by atoms with E-state index in [0.29, 0.717) is 5.92 Å². The maximum absolute atomic E-state index is 4.16. The van der Waals surface area contributed by atoms with Gasteiger partial charge < -0.3 is 4.40 Å². The molecule has 0 radical (unpaired) electrons. The van der Waals surface area contributed by atoms with Crippen molar-refractivity contribution in [2.24, 2.45) is 0 Å². The molecule has 1 nitrogen and oxygen atoms in total. The first-order valence-corrected chi connectivity index (χ1v) is 9.18. The lowest BCUT2D eigenvalue weighted by Crippen LogP contribution is -2.03. The summed E-state index contributed by atoms with van der Waals surface area (Å²) in [4.78, 5) is 0. The van der Waals surface area contributed by atoms with Gasteiger partial charge in [-0.3, -0.25) is 0 Å². The van der Waals surface area contributed by atoms with Crippen LogP contribution in [0.1, 0.15) is 23.6 Å². The third-order valence-corrected chi connectivity index (χ3v) is 5.03. The van der Waals surface area contributed by atoms with Crippen LogP contribution in [-0.4, -0.2) is 4.40 Å². The summed E-state index contributed by atoms with van der Waals surface area (Å²) in [7, 11) is 0. The number of fused-ring (bicyclic) bond motifs is 1. The number of aromatic nitrogens is 1. The Morgan fingerprint density at radius 1 is 0.846 bits per heavy atom. The van der Waals surface area contributed by atoms with Crippen molar-refractivity contribution >= 4 is 5.52 Å². The highest BCUT2D eigenvalue weighted by molar-refractivity contribution is 5.74. The van der Waals surface area contributed by atoms with Crippen molar-refractivity contribution in [3.05, 3.63) is 115 Å². The Balaban J connectivity index is 1.76. The largest absolute Gasteiger partial charge is 0.320 e. The van der Waals surface area contributed by atoms with Gasteiger partial charge in [-0.25, -0.2) is 0 Å². The predicted octanol–water partition coefficient (Wildman–Crippen LogP) is 6.51. The van der Waals surface area contributed by atoms with Gasteiger partial charge in [0.1, 0.15) is 0 Å². The summed E-state index contributed by atoms with van der Waals surface area (Å²) < 4.78 is 2.32. The van der Waals surface area contributed by atoms with Crippen molar-refractivity contribution in [2.45, 2.75) is 18.8 Å². The Hall–Kier alpha value is -3.06. The monoisotopic (exact) mass is 337 g/mol. The van der Waals surface area contributed by atoms with Crippen molar-refractivity contribution in [1.82, 2.24) is 4.40 Å². The average Bonchev–Trinajstić information content (AvgIpc) is 3.10. The van der Waals surface area contributed by atoms with Crippen LogP contribution in [0.3, 0.4) is 0 Å². The molecule has 26 heavy (non-hydrogen) atoms. The SMILES string of the molecule is C=C[C@@H](CCc1ccccc1)c1c(-c2ccccc2)cc2ccccn12. The molecule has 4 aromatic rings. The number of aryl methyl sites for hydroxylation is 1. The molecule has 0 fully saturated rings. The first kappa shape index (κ1) is 16.4. The molecule has 0 bridgehead atoms. The lowest BCUT2D eigenvalue weighted by atomic mass is 9.92. The van der Waals surface area contributed by atoms with Crippen LogP contribution in [0.2, 0.25) is 0 Å². The minimum atomic E-state index is 0.301. The molecule has 0 spiro atoms. The highest BCUT2D eigenvalue weighted by Gasteiger charge is 2.18. The molecular weight excluding hydrogens is 314 g/mol. The van der Waals surface area contributed by atoms with E-state index in [4.69, 9.17) is 0 Å². The molecule has 0 aliphatic rings. The fraction of sp³-hybridized carbons (Fsp3) is 0.120. The number of rotatable bonds is 6. The van der Waals surface area contributed by atoms with E-state index in [9.17, 15) is 0 Å². The van der Waals surface area contributed by atoms with Crippen LogP contribution >= 0.6 is 0 Å². The van der Waals surface area contributed by atoms with Gasteiger partial charge in [0.25, 0.3) is 0 Å². The van der Waals surface area contributed by atoms with Gasteiger partial charge in [0.2, 0.25) is 0 Å². The molecule has 1 atom stereocenters. The first-order chi connectivity index (χ1) is 12.9. The van der Waals surface area contributed by atoms with Crippen LogP contribution in [0.4, 0.5) is 0 Å². The third-order valence-electron chi connectivity index (χ3n) is 5.03. The van der Waals surface area contributed by atoms with Gasteiger partial charge in [-0.15, -0.1) is 6.58 Å². The predicted molar refractivity (Wildman–Crippen MR) is 111 cm³/mol. The van der Waals surface area contributed by atoms with E-state index in [1.54, 1.807) is 0 Å². The Bertz CT molecular complexity index is 996. The number of pyridine rings is 1. The Labute approximate surface area is 155 Å². The lowest BCUT2D eigenvalue weighted by molar-refractivity contribution is 0.712. The van der Waals surface area contributed by atoms with Crippen molar-refractivity contribution in [1.29, 1.82) is 0 Å². The van der Waals surface area contributed by atoms with Crippen LogP contribution in [0.25, 0.3) is 16.6 Å². The van der Waals surface area contributed by atoms with Crippen LogP contribution < -0.4 is 0 Å². The van der Waals surface area contributed by atoms with E-state index in [2.05, 4.69) is 108 Å². The molecule has 0 saturated heterocycles. The summed E-state index contributed by atoms with van der Waals surface area (Å²) in [5.74, 6) is 0.301. The van der Waals surface area contributed by atoms with Crippen molar-refractivity contribution in [3.8, 4) is 11.1 Å². The van der Waals surface area contributed by atoms with Gasteiger partial charge in [0.05, 0.1) is 0 Å². The molecule has 128 valence electrons. The van der Waals surface area contributed by atoms with Gasteiger partial charge >= 0.3 is 0 Å². The lowest BCUT2D eigenvalue weighted by Gasteiger charge is -2.16. The van der Waals surface area contributed by atoms with Gasteiger partial charge in [-0.2, -0.15) is 0 Å². The highest BCUT2D eigenvalue weighted by Crippen LogP contribution is 2.35. The number of benzene rings is 2. The fourth-order valence-corrected chi connectivity index (χ4v) is 3.71. The fourth-order valence-electron chi connectivity index (χ4n) is 3.71. The number of hydrogen-bond acceptors (Lipinski definition) is 0. The maximum Gasteiger partial charge on any atom is 0.0459 e. The molecule has 0 N–H and O–H groups in total. The van der Waals surface area contributed by atoms with Gasteiger partial charge in [0.15, 0.2) is 0 Å². The molecule has 2 heterocycles. The molecule has 0 aliphatic heterocycles. The van der Waals surface area contributed by atoms with Crippen molar-refractivity contribution in [3.63, 3.8) is 0 Å². The molecule has 0 aliphatic carbocycles. The van der Waals surface area contributed by atoms with Gasteiger partial charge in [-0.1, -0.05) is 72.8 Å². The van der Waals surface area contributed by atoms with E-state index in [1.165, 1.54) is 27.9 Å². The van der Waals surface area contributed by atoms with Gasteiger partial charge in [0, 0.05) is 28.9 Å². The van der Waals surface area contributed by atoms with E-state index >= 15 is 0 Å². The minimum Gasteiger partial charge on any atom is -0.320 e. The second-order valence-electron chi connectivity index (χ2n) is 6.67. The molecule has 0 amide bonds. The van der Waals surface area contributed by atoms with E-state index in [1.807, 2.05) is 0 Å². The number of hydrogen-bond donors (Lipinski definition) is 0. The van der Waals surface area contributed by atoms with Crippen molar-refractivity contribution < 1.29 is 0 Å². The zero-order chi connectivity index (χ0) is 17.8. The zero-order valence-electron chi connectivity index (χ0n) is 14.9. The van der Waals surface area contributed by atoms with E-state index < -0.39 is 0 Å². The summed E-state index contributed by atoms with van der Waals surface area (Å²) in [5.41, 5.74) is 6.50. The highest BCUT2D eigenvalue weighted by atomic mass is 14.9. The summed E-state index contributed by atoms with van der Waals surface area (Å²) in [6.07, 6.45) is 6.36. The summed E-state index contributed by atoms with van der Waals surface area (Å²) in [6.45, 7) is 4.16. The third kappa shape index (κ3) is 3.21. The second-order valence-corrected chi connectivity index (χ2v) is 6.67. The van der Waals surface area contributed by atoms with E-state index in [0.717, 1.165) is 12.8 Å². The van der Waals surface area contributed by atoms with Crippen LogP contribution in [0.15, 0.2) is 104 Å². The molecular formula is C25H23N. The van der Waals surface area contributed by atoms with Crippen LogP contribution in [-0.2, 0) is 6.42 Å². The van der Waals surface area contributed by atoms with Crippen LogP contribution in [0, 0.1) is 0 Å². The molecule has 0 unspecified atom stereocenters. The number of nitrogens with zero attached hydrogens (tertiary/aromatic N) is 1. The topological polar surface area (TPSA) is 4.41 Å². The molecule has 0 saturated carbocycles. The number of allylic oxidation sites excluding steroid dienone is 1. The minimum absolute atomic E-state index is 0.301. The summed E-state index contributed by atoms with van der Waals surface area (Å²) >= 11 is 0. The van der Waals surface area contributed by atoms with Crippen LogP contribution in [0.5, 0.6) is 0 Å². The van der Waals surface area contributed by atoms with Gasteiger partial charge in [-0.05, 0) is 42.2 Å². The standard InChI is InChI=1S/C25H23N/c1-2-21(17-16-20-11-5-3-6-12-20)25-24(22-13-7-4-8-14-22)19-23-15-9-10-18-26(23)25/h2-15,18-19,21H,1,16-17H2/t21-/m0/s1. The molecule has 4 rings (SSSR count). The molecule has 2 aromatic carbocycles. The normalized spacial score (nSPS) is 12.2. The first-order valence-electron chi connectivity index (χ1n) is 9.18. The molecule has 2 aromatic heterocycles. The van der Waals surface area contributed by atoms with Crippen molar-refractivity contribution in [2.75, 3.05) is 0 Å². The zero-order valence-corrected chi connectivity index (χ0v) is 14.9. The maximum atomic E-state index is 4.16. The Morgan fingerprint density at radius 3 is 2.27 bits per heavy atom. The summed E-state index contributed by atoms with van der Waals surface area (Å²) in [6, 6.07) is 30.0.